The summed E-state index contributed by atoms with van der Waals surface area (Å²) in [5, 5.41) is 15.0. The zero-order valence-electron chi connectivity index (χ0n) is 12.2. The van der Waals surface area contributed by atoms with Crippen molar-refractivity contribution >= 4 is 11.7 Å². The van der Waals surface area contributed by atoms with Crippen molar-refractivity contribution in [3.05, 3.63) is 35.9 Å². The monoisotopic (exact) mass is 290 g/mol. The molecule has 6 nitrogen and oxygen atoms in total. The van der Waals surface area contributed by atoms with Crippen molar-refractivity contribution in [3.63, 3.8) is 0 Å². The highest BCUT2D eigenvalue weighted by Gasteiger charge is 2.28. The van der Waals surface area contributed by atoms with Crippen LogP contribution < -0.4 is 11.1 Å². The topological polar surface area (TPSA) is 91.0 Å². The second kappa shape index (κ2) is 7.08. The normalized spacial score (nSPS) is 21.8. The van der Waals surface area contributed by atoms with E-state index in [4.69, 9.17) is 10.9 Å². The summed E-state index contributed by atoms with van der Waals surface area (Å²) in [5.41, 5.74) is 6.43. The fourth-order valence-corrected chi connectivity index (χ4v) is 2.73. The van der Waals surface area contributed by atoms with Crippen molar-refractivity contribution in [1.29, 1.82) is 0 Å². The van der Waals surface area contributed by atoms with E-state index in [1.165, 1.54) is 0 Å². The number of hydrogen-bond donors (Lipinski definition) is 3. The fraction of sp³-hybridized carbons (Fsp3) is 0.467. The van der Waals surface area contributed by atoms with Gasteiger partial charge < -0.3 is 21.2 Å². The first-order valence-electron chi connectivity index (χ1n) is 7.13. The van der Waals surface area contributed by atoms with E-state index in [2.05, 4.69) is 15.4 Å². The molecule has 0 bridgehead atoms. The van der Waals surface area contributed by atoms with Gasteiger partial charge in [-0.05, 0) is 32.0 Å². The summed E-state index contributed by atoms with van der Waals surface area (Å²) in [6.07, 6.45) is 2.01. The molecule has 1 saturated heterocycles. The molecule has 1 fully saturated rings. The average Bonchev–Trinajstić information content (AvgIpc) is 2.48. The molecule has 2 atom stereocenters. The fourth-order valence-electron chi connectivity index (χ4n) is 2.73. The van der Waals surface area contributed by atoms with E-state index in [0.717, 1.165) is 31.5 Å². The van der Waals surface area contributed by atoms with Gasteiger partial charge in [-0.3, -0.25) is 4.79 Å². The molecule has 4 N–H and O–H groups in total. The van der Waals surface area contributed by atoms with Gasteiger partial charge in [0.25, 0.3) is 0 Å². The van der Waals surface area contributed by atoms with Gasteiger partial charge in [-0.15, -0.1) is 0 Å². The number of nitrogens with one attached hydrogen (secondary N) is 1. The van der Waals surface area contributed by atoms with E-state index < -0.39 is 5.92 Å². The van der Waals surface area contributed by atoms with Crippen LogP contribution in [-0.2, 0) is 4.79 Å². The van der Waals surface area contributed by atoms with Crippen molar-refractivity contribution in [3.8, 4) is 0 Å². The van der Waals surface area contributed by atoms with Crippen LogP contribution >= 0.6 is 0 Å². The Morgan fingerprint density at radius 3 is 2.81 bits per heavy atom. The molecule has 1 aliphatic heterocycles. The van der Waals surface area contributed by atoms with Gasteiger partial charge in [0, 0.05) is 12.6 Å². The molecule has 0 radical (unpaired) electrons. The maximum absolute atomic E-state index is 12.5. The molecule has 1 aliphatic rings. The summed E-state index contributed by atoms with van der Waals surface area (Å²) in [6.45, 7) is 1.87. The second-order valence-corrected chi connectivity index (χ2v) is 5.48. The number of carbonyl (C=O) groups excluding carboxylic acids is 1. The van der Waals surface area contributed by atoms with E-state index in [-0.39, 0.29) is 17.8 Å². The number of nitrogens with zero attached hydrogens (tertiary/aromatic N) is 2. The standard InChI is InChI=1S/C15H22N4O2/c1-19-9-5-8-12(10-19)17-15(20)13(14(16)18-21)11-6-3-2-4-7-11/h2-4,6-7,12-13,21H,5,8-10H2,1H3,(H2,16,18)(H,17,20). The quantitative estimate of drug-likeness (QED) is 0.330. The zero-order chi connectivity index (χ0) is 15.2. The van der Waals surface area contributed by atoms with Gasteiger partial charge in [0.1, 0.15) is 5.92 Å². The molecule has 0 aliphatic carbocycles. The third-order valence-corrected chi connectivity index (χ3v) is 3.78. The molecule has 1 aromatic carbocycles. The third-order valence-electron chi connectivity index (χ3n) is 3.78. The van der Waals surface area contributed by atoms with Crippen molar-refractivity contribution in [2.24, 2.45) is 10.9 Å². The van der Waals surface area contributed by atoms with Gasteiger partial charge >= 0.3 is 0 Å². The van der Waals surface area contributed by atoms with Crippen molar-refractivity contribution in [1.82, 2.24) is 10.2 Å². The SMILES string of the molecule is CN1CCCC(NC(=O)C(C(N)=NO)c2ccccc2)C1. The van der Waals surface area contributed by atoms with E-state index in [0.29, 0.717) is 0 Å². The Kier molecular flexibility index (Phi) is 5.16. The van der Waals surface area contributed by atoms with Gasteiger partial charge in [0.05, 0.1) is 0 Å². The number of oxime groups is 1. The molecule has 114 valence electrons. The number of hydrogen-bond acceptors (Lipinski definition) is 4. The minimum Gasteiger partial charge on any atom is -0.409 e. The van der Waals surface area contributed by atoms with Gasteiger partial charge in [0.2, 0.25) is 5.91 Å². The number of rotatable bonds is 4. The Morgan fingerprint density at radius 2 is 2.19 bits per heavy atom. The Morgan fingerprint density at radius 1 is 1.48 bits per heavy atom. The minimum absolute atomic E-state index is 0.0946. The van der Waals surface area contributed by atoms with Gasteiger partial charge in [-0.25, -0.2) is 0 Å². The molecule has 21 heavy (non-hydrogen) atoms. The van der Waals surface area contributed by atoms with Crippen molar-refractivity contribution in [2.75, 3.05) is 20.1 Å². The highest BCUT2D eigenvalue weighted by Crippen LogP contribution is 2.17. The molecule has 2 unspecified atom stereocenters. The maximum atomic E-state index is 12.5. The van der Waals surface area contributed by atoms with Crippen molar-refractivity contribution in [2.45, 2.75) is 24.8 Å². The molecule has 0 spiro atoms. The number of likely N-dealkylation sites (N-methyl/N-ethyl adjacent to an activating group) is 1. The average molecular weight is 290 g/mol. The predicted octanol–water partition coefficient (Wildman–Crippen LogP) is 0.727. The lowest BCUT2D eigenvalue weighted by molar-refractivity contribution is -0.122. The number of piperidine rings is 1. The lowest BCUT2D eigenvalue weighted by Gasteiger charge is -2.31. The van der Waals surface area contributed by atoms with Crippen LogP contribution in [-0.4, -0.2) is 48.0 Å². The molecular weight excluding hydrogens is 268 g/mol. The lowest BCUT2D eigenvalue weighted by atomic mass is 9.96. The van der Waals surface area contributed by atoms with Gasteiger partial charge in [-0.2, -0.15) is 0 Å². The second-order valence-electron chi connectivity index (χ2n) is 5.48. The maximum Gasteiger partial charge on any atom is 0.235 e. The highest BCUT2D eigenvalue weighted by molar-refractivity contribution is 6.07. The lowest BCUT2D eigenvalue weighted by Crippen LogP contribution is -2.49. The molecular formula is C15H22N4O2. The first-order chi connectivity index (χ1) is 10.1. The van der Waals surface area contributed by atoms with Crippen LogP contribution in [0.2, 0.25) is 0 Å². The number of benzene rings is 1. The van der Waals surface area contributed by atoms with E-state index >= 15 is 0 Å². The van der Waals surface area contributed by atoms with Crippen LogP contribution in [0.25, 0.3) is 0 Å². The van der Waals surface area contributed by atoms with Crippen LogP contribution in [0.3, 0.4) is 0 Å². The highest BCUT2D eigenvalue weighted by atomic mass is 16.4. The first kappa shape index (κ1) is 15.3. The number of nitrogens with two attached hydrogens (primary N) is 1. The third kappa shape index (κ3) is 3.95. The van der Waals surface area contributed by atoms with E-state index in [9.17, 15) is 4.79 Å². The summed E-state index contributed by atoms with van der Waals surface area (Å²) < 4.78 is 0. The van der Waals surface area contributed by atoms with Gasteiger partial charge in [-0.1, -0.05) is 35.5 Å². The number of likely N-dealkylation sites (tertiary alicyclic amines) is 1. The molecule has 0 saturated carbocycles. The molecule has 1 aromatic rings. The molecule has 1 amide bonds. The molecule has 6 heteroatoms. The Hall–Kier alpha value is -2.08. The zero-order valence-corrected chi connectivity index (χ0v) is 12.2. The Bertz CT molecular complexity index is 504. The number of amidine groups is 1. The summed E-state index contributed by atoms with van der Waals surface area (Å²) in [5.74, 6) is -1.08. The summed E-state index contributed by atoms with van der Waals surface area (Å²) >= 11 is 0. The predicted molar refractivity (Wildman–Crippen MR) is 81.3 cm³/mol. The number of amides is 1. The van der Waals surface area contributed by atoms with Crippen LogP contribution in [0.15, 0.2) is 35.5 Å². The van der Waals surface area contributed by atoms with Gasteiger partial charge in [0.15, 0.2) is 5.84 Å². The molecule has 2 rings (SSSR count). The largest absolute Gasteiger partial charge is 0.409 e. The molecule has 1 heterocycles. The smallest absolute Gasteiger partial charge is 0.235 e. The first-order valence-corrected chi connectivity index (χ1v) is 7.13. The summed E-state index contributed by atoms with van der Waals surface area (Å²) in [6, 6.07) is 9.23. The summed E-state index contributed by atoms with van der Waals surface area (Å²) in [4.78, 5) is 14.7. The molecule has 0 aromatic heterocycles. The van der Waals surface area contributed by atoms with Crippen LogP contribution in [0.1, 0.15) is 24.3 Å². The number of carbonyl (C=O) groups is 1. The minimum atomic E-state index is -0.761. The van der Waals surface area contributed by atoms with E-state index in [1.54, 1.807) is 12.1 Å². The Labute approximate surface area is 124 Å². The van der Waals surface area contributed by atoms with Crippen molar-refractivity contribution < 1.29 is 10.0 Å². The van der Waals surface area contributed by atoms with Crippen LogP contribution in [0.4, 0.5) is 0 Å². The van der Waals surface area contributed by atoms with E-state index in [1.807, 2.05) is 25.2 Å². The van der Waals surface area contributed by atoms with Crippen LogP contribution in [0, 0.1) is 0 Å². The van der Waals surface area contributed by atoms with Crippen LogP contribution in [0.5, 0.6) is 0 Å². The Balaban J connectivity index is 2.12. The summed E-state index contributed by atoms with van der Waals surface area (Å²) in [7, 11) is 2.04.